The highest BCUT2D eigenvalue weighted by atomic mass is 28.4. The molecule has 6 nitrogen and oxygen atoms in total. The van der Waals surface area contributed by atoms with E-state index in [2.05, 4.69) is 39.2 Å². The molecule has 0 radical (unpaired) electrons. The van der Waals surface area contributed by atoms with Gasteiger partial charge in [-0.15, -0.1) is 0 Å². The Balaban J connectivity index is 2.49. The van der Waals surface area contributed by atoms with Crippen LogP contribution in [0.1, 0.15) is 59.1 Å². The second kappa shape index (κ2) is 13.4. The standard InChI is InChI=1S/C31H47NO5Si/c1-30(2,3)36-29(34)32-26(21-24-18-14-11-15-19-24)27(37-38(8,9)31(4,5)6)22-25(28(33)35-7)20-23-16-12-10-13-17-23/h10-19,25-27H,20-22H2,1-9H3,(H,32,34)/t25-,26+,27+/m1/s1. The number of nitrogens with one attached hydrogen (secondary N) is 1. The lowest BCUT2D eigenvalue weighted by Crippen LogP contribution is -2.54. The van der Waals surface area contributed by atoms with Crippen molar-refractivity contribution >= 4 is 20.4 Å². The zero-order valence-corrected chi connectivity index (χ0v) is 25.7. The maximum Gasteiger partial charge on any atom is 0.407 e. The zero-order valence-electron chi connectivity index (χ0n) is 24.7. The van der Waals surface area contributed by atoms with E-state index in [9.17, 15) is 9.59 Å². The number of rotatable bonds is 11. The highest BCUT2D eigenvalue weighted by molar-refractivity contribution is 6.74. The molecule has 2 aromatic carbocycles. The molecule has 210 valence electrons. The highest BCUT2D eigenvalue weighted by Crippen LogP contribution is 2.39. The van der Waals surface area contributed by atoms with Crippen molar-refractivity contribution in [1.82, 2.24) is 5.32 Å². The molecule has 3 atom stereocenters. The number of alkyl carbamates (subject to hydrolysis) is 1. The van der Waals surface area contributed by atoms with Crippen LogP contribution in [-0.4, -0.2) is 45.2 Å². The summed E-state index contributed by atoms with van der Waals surface area (Å²) in [5.74, 6) is -0.718. The Morgan fingerprint density at radius 1 is 0.842 bits per heavy atom. The van der Waals surface area contributed by atoms with Crippen LogP contribution in [0, 0.1) is 5.92 Å². The van der Waals surface area contributed by atoms with E-state index in [0.717, 1.165) is 11.1 Å². The molecule has 7 heteroatoms. The van der Waals surface area contributed by atoms with E-state index in [-0.39, 0.29) is 11.0 Å². The van der Waals surface area contributed by atoms with Crippen molar-refractivity contribution in [2.45, 2.75) is 96.7 Å². The van der Waals surface area contributed by atoms with Crippen molar-refractivity contribution in [3.63, 3.8) is 0 Å². The van der Waals surface area contributed by atoms with Crippen molar-refractivity contribution in [1.29, 1.82) is 0 Å². The Morgan fingerprint density at radius 2 is 1.34 bits per heavy atom. The maximum atomic E-state index is 13.0. The monoisotopic (exact) mass is 541 g/mol. The molecular formula is C31H47NO5Si. The molecule has 2 aromatic rings. The summed E-state index contributed by atoms with van der Waals surface area (Å²) in [6, 6.07) is 19.5. The van der Waals surface area contributed by atoms with Crippen LogP contribution >= 0.6 is 0 Å². The summed E-state index contributed by atoms with van der Waals surface area (Å²) in [5, 5.41) is 3.05. The SMILES string of the molecule is COC(=O)[C@H](Cc1ccccc1)C[C@H](O[Si](C)(C)C(C)(C)C)[C@H](Cc1ccccc1)NC(=O)OC(C)(C)C. The zero-order chi connectivity index (χ0) is 28.6. The average molecular weight is 542 g/mol. The summed E-state index contributed by atoms with van der Waals surface area (Å²) in [6.45, 7) is 16.5. The Bertz CT molecular complexity index is 1010. The summed E-state index contributed by atoms with van der Waals surface area (Å²) in [6.07, 6.45) is 0.534. The van der Waals surface area contributed by atoms with Crippen molar-refractivity contribution in [2.75, 3.05) is 7.11 Å². The number of hydrogen-bond acceptors (Lipinski definition) is 5. The van der Waals surface area contributed by atoms with Gasteiger partial charge in [0.1, 0.15) is 5.60 Å². The summed E-state index contributed by atoms with van der Waals surface area (Å²) in [4.78, 5) is 26.1. The van der Waals surface area contributed by atoms with Gasteiger partial charge in [0.15, 0.2) is 8.32 Å². The number of ether oxygens (including phenoxy) is 2. The number of amides is 1. The number of carbonyl (C=O) groups excluding carboxylic acids is 2. The van der Waals surface area contributed by atoms with E-state index < -0.39 is 38.1 Å². The van der Waals surface area contributed by atoms with Gasteiger partial charge in [0.25, 0.3) is 0 Å². The Labute approximate surface area is 230 Å². The Kier molecular flexibility index (Phi) is 11.2. The third-order valence-corrected chi connectivity index (χ3v) is 11.6. The minimum Gasteiger partial charge on any atom is -0.469 e. The second-order valence-electron chi connectivity index (χ2n) is 12.5. The van der Waals surface area contributed by atoms with Crippen molar-refractivity contribution < 1.29 is 23.5 Å². The minimum atomic E-state index is -2.29. The number of hydrogen-bond donors (Lipinski definition) is 1. The van der Waals surface area contributed by atoms with Crippen LogP contribution in [0.4, 0.5) is 4.79 Å². The predicted octanol–water partition coefficient (Wildman–Crippen LogP) is 6.93. The lowest BCUT2D eigenvalue weighted by Gasteiger charge is -2.42. The first-order chi connectivity index (χ1) is 17.6. The molecule has 0 aliphatic carbocycles. The molecule has 0 aliphatic heterocycles. The number of carbonyl (C=O) groups is 2. The van der Waals surface area contributed by atoms with Gasteiger partial charge in [-0.1, -0.05) is 81.4 Å². The van der Waals surface area contributed by atoms with Gasteiger partial charge in [-0.3, -0.25) is 4.79 Å². The highest BCUT2D eigenvalue weighted by Gasteiger charge is 2.42. The van der Waals surface area contributed by atoms with Gasteiger partial charge in [-0.05, 0) is 69.3 Å². The smallest absolute Gasteiger partial charge is 0.407 e. The van der Waals surface area contributed by atoms with E-state index in [1.165, 1.54) is 7.11 Å². The number of benzene rings is 2. The molecule has 0 saturated carbocycles. The first kappa shape index (κ1) is 31.6. The van der Waals surface area contributed by atoms with Crippen LogP contribution < -0.4 is 5.32 Å². The van der Waals surface area contributed by atoms with Gasteiger partial charge < -0.3 is 19.2 Å². The normalized spacial score (nSPS) is 14.8. The quantitative estimate of drug-likeness (QED) is 0.246. The lowest BCUT2D eigenvalue weighted by molar-refractivity contribution is -0.146. The molecule has 2 rings (SSSR count). The fourth-order valence-electron chi connectivity index (χ4n) is 4.06. The summed E-state index contributed by atoms with van der Waals surface area (Å²) in [7, 11) is -0.873. The van der Waals surface area contributed by atoms with E-state index in [1.54, 1.807) is 0 Å². The van der Waals surface area contributed by atoms with Gasteiger partial charge >= 0.3 is 12.1 Å². The molecule has 0 bridgehead atoms. The number of esters is 1. The van der Waals surface area contributed by atoms with Crippen LogP contribution in [0.3, 0.4) is 0 Å². The third kappa shape index (κ3) is 10.3. The van der Waals surface area contributed by atoms with Gasteiger partial charge in [-0.25, -0.2) is 4.79 Å². The third-order valence-electron chi connectivity index (χ3n) is 7.08. The maximum absolute atomic E-state index is 13.0. The molecule has 0 fully saturated rings. The van der Waals surface area contributed by atoms with Crippen LogP contribution in [0.15, 0.2) is 60.7 Å². The molecule has 1 N–H and O–H groups in total. The minimum absolute atomic E-state index is 0.0609. The van der Waals surface area contributed by atoms with Gasteiger partial charge in [0, 0.05) is 0 Å². The average Bonchev–Trinajstić information content (AvgIpc) is 2.81. The van der Waals surface area contributed by atoms with Gasteiger partial charge in [0.2, 0.25) is 0 Å². The molecule has 0 aliphatic rings. The first-order valence-corrected chi connectivity index (χ1v) is 16.3. The van der Waals surface area contributed by atoms with Crippen LogP contribution in [0.2, 0.25) is 18.1 Å². The molecule has 0 aromatic heterocycles. The molecule has 1 amide bonds. The Hall–Kier alpha value is -2.64. The van der Waals surface area contributed by atoms with Gasteiger partial charge in [-0.2, -0.15) is 0 Å². The molecule has 0 heterocycles. The van der Waals surface area contributed by atoms with Crippen molar-refractivity contribution in [3.05, 3.63) is 71.8 Å². The molecule has 0 saturated heterocycles. The lowest BCUT2D eigenvalue weighted by atomic mass is 9.89. The van der Waals surface area contributed by atoms with E-state index >= 15 is 0 Å². The fourth-order valence-corrected chi connectivity index (χ4v) is 5.43. The topological polar surface area (TPSA) is 73.9 Å². The van der Waals surface area contributed by atoms with E-state index in [1.807, 2.05) is 81.4 Å². The molecular weight excluding hydrogens is 494 g/mol. The second-order valence-corrected chi connectivity index (χ2v) is 17.3. The van der Waals surface area contributed by atoms with Crippen LogP contribution in [0.5, 0.6) is 0 Å². The summed E-state index contributed by atoms with van der Waals surface area (Å²) < 4.78 is 17.9. The summed E-state index contributed by atoms with van der Waals surface area (Å²) >= 11 is 0. The van der Waals surface area contributed by atoms with E-state index in [4.69, 9.17) is 13.9 Å². The van der Waals surface area contributed by atoms with E-state index in [0.29, 0.717) is 19.3 Å². The molecule has 0 unspecified atom stereocenters. The molecule has 0 spiro atoms. The predicted molar refractivity (Wildman–Crippen MR) is 156 cm³/mol. The largest absolute Gasteiger partial charge is 0.469 e. The summed E-state index contributed by atoms with van der Waals surface area (Å²) in [5.41, 5.74) is 1.47. The van der Waals surface area contributed by atoms with Gasteiger partial charge in [0.05, 0.1) is 25.2 Å². The fraction of sp³-hybridized carbons (Fsp3) is 0.548. The number of methoxy groups -OCH3 is 1. The van der Waals surface area contributed by atoms with Crippen molar-refractivity contribution in [2.24, 2.45) is 5.92 Å². The van der Waals surface area contributed by atoms with Crippen molar-refractivity contribution in [3.8, 4) is 0 Å². The first-order valence-electron chi connectivity index (χ1n) is 13.4. The van der Waals surface area contributed by atoms with Crippen LogP contribution in [-0.2, 0) is 31.5 Å². The van der Waals surface area contributed by atoms with Crippen LogP contribution in [0.25, 0.3) is 0 Å². The molecule has 38 heavy (non-hydrogen) atoms. The Morgan fingerprint density at radius 3 is 1.79 bits per heavy atom.